The standard InChI is InChI=1S/C16H10ClNO3/c17-13-8-2-1-7-12(13)15-18-14(16(19)21-15)9-3-5-11-6-4-10-20-11/h1-10H. The van der Waals surface area contributed by atoms with Crippen LogP contribution in [0.15, 0.2) is 69.9 Å². The average Bonchev–Trinajstić information content (AvgIpc) is 3.10. The summed E-state index contributed by atoms with van der Waals surface area (Å²) in [6.07, 6.45) is 6.54. The number of allylic oxidation sites excluding steroid dienone is 2. The fraction of sp³-hybridized carbons (Fsp3) is 0. The van der Waals surface area contributed by atoms with Crippen LogP contribution in [0.4, 0.5) is 0 Å². The van der Waals surface area contributed by atoms with Crippen molar-refractivity contribution >= 4 is 29.5 Å². The number of nitrogens with zero attached hydrogens (tertiary/aromatic N) is 1. The van der Waals surface area contributed by atoms with Gasteiger partial charge in [0.2, 0.25) is 5.90 Å². The number of hydrogen-bond donors (Lipinski definition) is 0. The zero-order chi connectivity index (χ0) is 14.7. The quantitative estimate of drug-likeness (QED) is 0.639. The lowest BCUT2D eigenvalue weighted by molar-refractivity contribution is -0.130. The molecule has 0 fully saturated rings. The van der Waals surface area contributed by atoms with Gasteiger partial charge >= 0.3 is 5.97 Å². The first kappa shape index (κ1) is 13.4. The number of carbonyl (C=O) groups excluding carboxylic acids is 1. The van der Waals surface area contributed by atoms with Crippen LogP contribution in [0.3, 0.4) is 0 Å². The van der Waals surface area contributed by atoms with Gasteiger partial charge in [0.15, 0.2) is 5.70 Å². The van der Waals surface area contributed by atoms with Gasteiger partial charge in [-0.2, -0.15) is 0 Å². The Morgan fingerprint density at radius 2 is 2.00 bits per heavy atom. The van der Waals surface area contributed by atoms with E-state index in [1.54, 1.807) is 60.9 Å². The summed E-state index contributed by atoms with van der Waals surface area (Å²) in [4.78, 5) is 15.9. The molecule has 0 amide bonds. The lowest BCUT2D eigenvalue weighted by atomic mass is 10.2. The molecule has 4 nitrogen and oxygen atoms in total. The van der Waals surface area contributed by atoms with Gasteiger partial charge in [0.1, 0.15) is 5.76 Å². The van der Waals surface area contributed by atoms with Crippen LogP contribution in [0.5, 0.6) is 0 Å². The molecular weight excluding hydrogens is 290 g/mol. The highest BCUT2D eigenvalue weighted by Gasteiger charge is 2.24. The molecule has 0 radical (unpaired) electrons. The zero-order valence-corrected chi connectivity index (χ0v) is 11.6. The minimum absolute atomic E-state index is 0.211. The number of hydrogen-bond acceptors (Lipinski definition) is 4. The first-order chi connectivity index (χ1) is 10.2. The Morgan fingerprint density at radius 3 is 2.76 bits per heavy atom. The zero-order valence-electron chi connectivity index (χ0n) is 10.8. The van der Waals surface area contributed by atoms with Gasteiger partial charge in [-0.15, -0.1) is 0 Å². The van der Waals surface area contributed by atoms with Crippen LogP contribution in [0.1, 0.15) is 11.3 Å². The third-order valence-electron chi connectivity index (χ3n) is 2.78. The van der Waals surface area contributed by atoms with E-state index in [1.807, 2.05) is 0 Å². The second-order valence-corrected chi connectivity index (χ2v) is 4.62. The third kappa shape index (κ3) is 2.95. The maximum Gasteiger partial charge on any atom is 0.363 e. The smallest absolute Gasteiger partial charge is 0.363 e. The molecule has 1 aromatic heterocycles. The van der Waals surface area contributed by atoms with Crippen LogP contribution in [-0.2, 0) is 9.53 Å². The van der Waals surface area contributed by atoms with Crippen molar-refractivity contribution in [2.24, 2.45) is 4.99 Å². The predicted molar refractivity (Wildman–Crippen MR) is 79.9 cm³/mol. The van der Waals surface area contributed by atoms with E-state index in [9.17, 15) is 4.79 Å². The second-order valence-electron chi connectivity index (χ2n) is 4.21. The maximum atomic E-state index is 11.8. The van der Waals surface area contributed by atoms with Crippen molar-refractivity contribution < 1.29 is 13.9 Å². The van der Waals surface area contributed by atoms with E-state index in [-0.39, 0.29) is 11.6 Å². The van der Waals surface area contributed by atoms with Gasteiger partial charge in [0.05, 0.1) is 16.8 Å². The van der Waals surface area contributed by atoms with E-state index in [0.717, 1.165) is 0 Å². The van der Waals surface area contributed by atoms with E-state index >= 15 is 0 Å². The Labute approximate surface area is 126 Å². The largest absolute Gasteiger partial charge is 0.465 e. The Hall–Kier alpha value is -2.59. The Balaban J connectivity index is 1.84. The number of cyclic esters (lactones) is 1. The van der Waals surface area contributed by atoms with E-state index < -0.39 is 5.97 Å². The summed E-state index contributed by atoms with van der Waals surface area (Å²) in [7, 11) is 0. The molecule has 0 bridgehead atoms. The highest BCUT2D eigenvalue weighted by Crippen LogP contribution is 2.22. The molecular formula is C16H10ClNO3. The Kier molecular flexibility index (Phi) is 3.71. The van der Waals surface area contributed by atoms with Crippen LogP contribution in [0.25, 0.3) is 6.08 Å². The van der Waals surface area contributed by atoms with Gasteiger partial charge in [0.25, 0.3) is 0 Å². The van der Waals surface area contributed by atoms with Crippen molar-refractivity contribution in [1.82, 2.24) is 0 Å². The van der Waals surface area contributed by atoms with Crippen molar-refractivity contribution in [3.8, 4) is 0 Å². The summed E-state index contributed by atoms with van der Waals surface area (Å²) >= 11 is 6.05. The fourth-order valence-corrected chi connectivity index (χ4v) is 2.01. The van der Waals surface area contributed by atoms with Crippen molar-refractivity contribution in [2.45, 2.75) is 0 Å². The first-order valence-electron chi connectivity index (χ1n) is 6.22. The van der Waals surface area contributed by atoms with Crippen molar-refractivity contribution in [2.75, 3.05) is 0 Å². The predicted octanol–water partition coefficient (Wildman–Crippen LogP) is 3.83. The summed E-state index contributed by atoms with van der Waals surface area (Å²) in [5, 5.41) is 0.483. The SMILES string of the molecule is O=C1OC(c2ccccc2Cl)=NC1=CC=Cc1ccco1. The minimum atomic E-state index is -0.506. The molecule has 0 unspecified atom stereocenters. The van der Waals surface area contributed by atoms with Gasteiger partial charge in [0, 0.05) is 0 Å². The molecule has 0 aliphatic carbocycles. The van der Waals surface area contributed by atoms with Gasteiger partial charge in [-0.25, -0.2) is 9.79 Å². The summed E-state index contributed by atoms with van der Waals surface area (Å²) in [5.74, 6) is 0.394. The molecule has 3 rings (SSSR count). The van der Waals surface area contributed by atoms with E-state index in [2.05, 4.69) is 4.99 Å². The molecule has 0 spiro atoms. The summed E-state index contributed by atoms with van der Waals surface area (Å²) < 4.78 is 10.3. The molecule has 21 heavy (non-hydrogen) atoms. The van der Waals surface area contributed by atoms with E-state index in [1.165, 1.54) is 0 Å². The number of furan rings is 1. The normalized spacial score (nSPS) is 16.5. The van der Waals surface area contributed by atoms with Crippen LogP contribution < -0.4 is 0 Å². The highest BCUT2D eigenvalue weighted by atomic mass is 35.5. The molecule has 1 aromatic carbocycles. The van der Waals surface area contributed by atoms with Gasteiger partial charge in [-0.3, -0.25) is 0 Å². The molecule has 0 saturated heterocycles. The molecule has 5 heteroatoms. The lowest BCUT2D eigenvalue weighted by Gasteiger charge is -2.00. The molecule has 104 valence electrons. The average molecular weight is 300 g/mol. The number of rotatable bonds is 3. The molecule has 0 saturated carbocycles. The van der Waals surface area contributed by atoms with Crippen LogP contribution in [-0.4, -0.2) is 11.9 Å². The molecule has 1 aliphatic heterocycles. The Bertz CT molecular complexity index is 758. The molecule has 1 aliphatic rings. The third-order valence-corrected chi connectivity index (χ3v) is 3.11. The number of esters is 1. The number of carbonyl (C=O) groups is 1. The van der Waals surface area contributed by atoms with Crippen molar-refractivity contribution in [1.29, 1.82) is 0 Å². The number of ether oxygens (including phenoxy) is 1. The van der Waals surface area contributed by atoms with Crippen molar-refractivity contribution in [3.05, 3.63) is 76.9 Å². The summed E-state index contributed by atoms with van der Waals surface area (Å²) in [6, 6.07) is 10.6. The minimum Gasteiger partial charge on any atom is -0.465 e. The number of aliphatic imine (C=N–C) groups is 1. The van der Waals surface area contributed by atoms with Gasteiger partial charge < -0.3 is 9.15 Å². The number of halogens is 1. The topological polar surface area (TPSA) is 51.8 Å². The van der Waals surface area contributed by atoms with Crippen molar-refractivity contribution in [3.63, 3.8) is 0 Å². The summed E-state index contributed by atoms with van der Waals surface area (Å²) in [5.41, 5.74) is 0.804. The number of benzene rings is 1. The fourth-order valence-electron chi connectivity index (χ4n) is 1.79. The monoisotopic (exact) mass is 299 g/mol. The van der Waals surface area contributed by atoms with Crippen LogP contribution in [0, 0.1) is 0 Å². The maximum absolute atomic E-state index is 11.8. The van der Waals surface area contributed by atoms with Crippen LogP contribution in [0.2, 0.25) is 5.02 Å². The van der Waals surface area contributed by atoms with Gasteiger partial charge in [-0.05, 0) is 36.4 Å². The van der Waals surface area contributed by atoms with E-state index in [4.69, 9.17) is 20.8 Å². The van der Waals surface area contributed by atoms with Gasteiger partial charge in [-0.1, -0.05) is 29.8 Å². The molecule has 2 aromatic rings. The summed E-state index contributed by atoms with van der Waals surface area (Å²) in [6.45, 7) is 0. The highest BCUT2D eigenvalue weighted by molar-refractivity contribution is 6.34. The molecule has 0 atom stereocenters. The van der Waals surface area contributed by atoms with Crippen LogP contribution >= 0.6 is 11.6 Å². The Morgan fingerprint density at radius 1 is 1.14 bits per heavy atom. The lowest BCUT2D eigenvalue weighted by Crippen LogP contribution is -2.05. The molecule has 0 N–H and O–H groups in total. The molecule has 2 heterocycles. The first-order valence-corrected chi connectivity index (χ1v) is 6.59. The van der Waals surface area contributed by atoms with E-state index in [0.29, 0.717) is 16.3 Å². The second kappa shape index (κ2) is 5.81.